The molecule has 3 fully saturated rings. The first-order valence-electron chi connectivity index (χ1n) is 32.4. The van der Waals surface area contributed by atoms with E-state index in [2.05, 4.69) is 25.0 Å². The van der Waals surface area contributed by atoms with Crippen LogP contribution >= 0.6 is 0 Å². The standard InChI is InChI=1S/C75H91NO17Si/c1-52(78)76-64-68(84-49-59-36-38-60(80-2)39-37-59)65(79)61(42-77)89-73(64)92-66-63(51-82-44-54-26-14-7-15-27-54)91-75(72(88-48-58-34-22-11-23-35-58)70(66)86-46-56-30-18-9-19-31-56)93-67-62(50-81-43-53-24-12-6-13-25-53)90-74(83-40-41-94(3,4)5)71(87-47-57-32-20-10-21-33-57)69(67)85-45-55-28-16-8-17-29-55/h6-39,61-75,77,79H,40-51H2,1-5H3,(H,76,78)/t61-,62-,63-,64-,65+,66+,67-,68-,69+,70+,71-,72-,73+,74-,75+/m1/s1. The van der Waals surface area contributed by atoms with Gasteiger partial charge in [-0.3, -0.25) is 4.79 Å². The lowest BCUT2D eigenvalue weighted by atomic mass is 9.94. The Bertz CT molecular complexity index is 3250. The number of amides is 1. The smallest absolute Gasteiger partial charge is 0.217 e. The minimum absolute atomic E-state index is 0.00904. The molecule has 10 rings (SSSR count). The maximum Gasteiger partial charge on any atom is 0.217 e. The average molecular weight is 1310 g/mol. The minimum atomic E-state index is -1.63. The van der Waals surface area contributed by atoms with Gasteiger partial charge in [-0.15, -0.1) is 0 Å². The molecule has 18 nitrogen and oxygen atoms in total. The molecule has 0 aromatic heterocycles. The normalized spacial score (nSPS) is 26.4. The molecular weight excluding hydrogens is 1210 g/mol. The Morgan fingerprint density at radius 3 is 1.17 bits per heavy atom. The van der Waals surface area contributed by atoms with Crippen molar-refractivity contribution < 1.29 is 81.3 Å². The highest BCUT2D eigenvalue weighted by Crippen LogP contribution is 2.39. The molecule has 94 heavy (non-hydrogen) atoms. The highest BCUT2D eigenvalue weighted by molar-refractivity contribution is 6.76. The molecule has 502 valence electrons. The van der Waals surface area contributed by atoms with Crippen LogP contribution in [0.2, 0.25) is 25.7 Å². The first-order valence-corrected chi connectivity index (χ1v) is 36.1. The third-order valence-electron chi connectivity index (χ3n) is 16.7. The number of hydrogen-bond donors (Lipinski definition) is 3. The molecule has 0 spiro atoms. The molecular formula is C75H91NO17Si. The van der Waals surface area contributed by atoms with Gasteiger partial charge in [-0.2, -0.15) is 0 Å². The van der Waals surface area contributed by atoms with Crippen molar-refractivity contribution in [3.05, 3.63) is 245 Å². The van der Waals surface area contributed by atoms with Crippen LogP contribution in [0.1, 0.15) is 45.9 Å². The summed E-state index contributed by atoms with van der Waals surface area (Å²) in [5.41, 5.74) is 6.16. The Labute approximate surface area is 553 Å². The van der Waals surface area contributed by atoms with Gasteiger partial charge in [0.05, 0.1) is 73.2 Å². The summed E-state index contributed by atoms with van der Waals surface area (Å²) in [6.45, 7) is 8.92. The summed E-state index contributed by atoms with van der Waals surface area (Å²) in [7, 11) is -0.0432. The Morgan fingerprint density at radius 1 is 0.426 bits per heavy atom. The number of hydrogen-bond acceptors (Lipinski definition) is 17. The second-order valence-corrected chi connectivity index (χ2v) is 30.7. The minimum Gasteiger partial charge on any atom is -0.497 e. The van der Waals surface area contributed by atoms with Crippen molar-refractivity contribution in [2.75, 3.05) is 33.5 Å². The summed E-state index contributed by atoms with van der Waals surface area (Å²) < 4.78 is 97.3. The number of carbonyl (C=O) groups excluding carboxylic acids is 1. The predicted molar refractivity (Wildman–Crippen MR) is 354 cm³/mol. The molecule has 3 aliphatic heterocycles. The highest BCUT2D eigenvalue weighted by Gasteiger charge is 2.57. The molecule has 0 bridgehead atoms. The Balaban J connectivity index is 1.09. The highest BCUT2D eigenvalue weighted by atomic mass is 28.3. The number of carbonyl (C=O) groups is 1. The maximum absolute atomic E-state index is 13.5. The van der Waals surface area contributed by atoms with Crippen LogP contribution in [0.4, 0.5) is 0 Å². The first kappa shape index (κ1) is 70.2. The monoisotopic (exact) mass is 1310 g/mol. The fourth-order valence-corrected chi connectivity index (χ4v) is 12.3. The van der Waals surface area contributed by atoms with Gasteiger partial charge < -0.3 is 81.8 Å². The molecule has 0 saturated carbocycles. The van der Waals surface area contributed by atoms with Gasteiger partial charge in [0.15, 0.2) is 18.9 Å². The number of aliphatic hydroxyl groups is 2. The third kappa shape index (κ3) is 20.7. The van der Waals surface area contributed by atoms with Gasteiger partial charge in [0, 0.05) is 21.6 Å². The van der Waals surface area contributed by atoms with Crippen LogP contribution in [0.25, 0.3) is 0 Å². The fourth-order valence-electron chi connectivity index (χ4n) is 11.6. The van der Waals surface area contributed by atoms with Crippen LogP contribution in [0.15, 0.2) is 206 Å². The summed E-state index contributed by atoms with van der Waals surface area (Å²) in [6, 6.07) is 66.0. The quantitative estimate of drug-likeness (QED) is 0.0322. The van der Waals surface area contributed by atoms with Crippen LogP contribution in [0.3, 0.4) is 0 Å². The van der Waals surface area contributed by atoms with E-state index < -0.39 is 113 Å². The van der Waals surface area contributed by atoms with Gasteiger partial charge in [-0.25, -0.2) is 0 Å². The van der Waals surface area contributed by atoms with Gasteiger partial charge in [-0.1, -0.05) is 214 Å². The summed E-state index contributed by atoms with van der Waals surface area (Å²) in [5.74, 6) is 0.196. The van der Waals surface area contributed by atoms with Crippen LogP contribution in [-0.2, 0) is 113 Å². The topological polar surface area (TPSA) is 199 Å². The lowest BCUT2D eigenvalue weighted by Crippen LogP contribution is -2.69. The summed E-state index contributed by atoms with van der Waals surface area (Å²) in [6.07, 6.45) is -15.8. The number of rotatable bonds is 34. The van der Waals surface area contributed by atoms with Crippen molar-refractivity contribution in [1.82, 2.24) is 5.32 Å². The van der Waals surface area contributed by atoms with E-state index in [4.69, 9.17) is 66.3 Å². The number of aliphatic hydroxyl groups excluding tert-OH is 2. The van der Waals surface area contributed by atoms with Crippen LogP contribution in [0, 0.1) is 0 Å². The van der Waals surface area contributed by atoms with Crippen molar-refractivity contribution in [2.45, 2.75) is 171 Å². The van der Waals surface area contributed by atoms with E-state index in [1.807, 2.05) is 194 Å². The van der Waals surface area contributed by atoms with Crippen molar-refractivity contribution in [3.8, 4) is 5.75 Å². The molecule has 19 heteroatoms. The van der Waals surface area contributed by atoms with E-state index in [0.29, 0.717) is 12.4 Å². The van der Waals surface area contributed by atoms with Crippen molar-refractivity contribution >= 4 is 14.0 Å². The second kappa shape index (κ2) is 36.0. The average Bonchev–Trinajstić information content (AvgIpc) is 0.779. The number of benzene rings is 7. The molecule has 7 aromatic rings. The van der Waals surface area contributed by atoms with Crippen molar-refractivity contribution in [1.29, 1.82) is 0 Å². The fraction of sp³-hybridized carbons (Fsp3) is 0.427. The number of ether oxygens (including phenoxy) is 14. The zero-order chi connectivity index (χ0) is 65.5. The molecule has 3 aliphatic rings. The molecule has 0 aliphatic carbocycles. The van der Waals surface area contributed by atoms with Gasteiger partial charge in [0.1, 0.15) is 78.9 Å². The van der Waals surface area contributed by atoms with Crippen molar-refractivity contribution in [2.24, 2.45) is 0 Å². The number of nitrogens with one attached hydrogen (secondary N) is 1. The largest absolute Gasteiger partial charge is 0.497 e. The Morgan fingerprint density at radius 2 is 0.777 bits per heavy atom. The summed E-state index contributed by atoms with van der Waals surface area (Å²) >= 11 is 0. The molecule has 1 amide bonds. The van der Waals surface area contributed by atoms with E-state index in [-0.39, 0.29) is 59.5 Å². The zero-order valence-corrected chi connectivity index (χ0v) is 55.3. The van der Waals surface area contributed by atoms with E-state index in [0.717, 1.165) is 45.0 Å². The molecule has 3 saturated heterocycles. The van der Waals surface area contributed by atoms with E-state index >= 15 is 0 Å². The lowest BCUT2D eigenvalue weighted by molar-refractivity contribution is -0.388. The lowest BCUT2D eigenvalue weighted by Gasteiger charge is -2.51. The Kier molecular flexibility index (Phi) is 26.9. The van der Waals surface area contributed by atoms with Gasteiger partial charge in [0.25, 0.3) is 0 Å². The SMILES string of the molecule is COc1ccc(CO[C@H]2[C@@H](O)[C@@H](CO)O[C@@H](O[C@@H]3[C@H](OCc4ccccc4)[C@@H](OCc4ccccc4)[C@H](O[C@H]4[C@H](OCc5ccccc5)[C@@H](OCc5ccccc5)[C@H](OCC[Si](C)(C)C)O[C@@H]4COCc4ccccc4)O[C@@H]3COCc3ccccc3)[C@@H]2NC(C)=O)cc1. The van der Waals surface area contributed by atoms with Crippen LogP contribution in [-0.4, -0.2) is 150 Å². The molecule has 3 N–H and O–H groups in total. The molecule has 0 unspecified atom stereocenters. The van der Waals surface area contributed by atoms with Crippen molar-refractivity contribution in [3.63, 3.8) is 0 Å². The molecule has 15 atom stereocenters. The summed E-state index contributed by atoms with van der Waals surface area (Å²) in [5, 5.41) is 26.0. The zero-order valence-electron chi connectivity index (χ0n) is 54.3. The summed E-state index contributed by atoms with van der Waals surface area (Å²) in [4.78, 5) is 13.5. The predicted octanol–water partition coefficient (Wildman–Crippen LogP) is 10.5. The Hall–Kier alpha value is -6.57. The molecule has 3 heterocycles. The third-order valence-corrected chi connectivity index (χ3v) is 18.4. The van der Waals surface area contributed by atoms with Crippen LogP contribution < -0.4 is 10.1 Å². The molecule has 0 radical (unpaired) electrons. The number of methoxy groups -OCH3 is 1. The van der Waals surface area contributed by atoms with Gasteiger partial charge >= 0.3 is 0 Å². The van der Waals surface area contributed by atoms with Gasteiger partial charge in [-0.05, 0) is 57.1 Å². The first-order chi connectivity index (χ1) is 45.9. The van der Waals surface area contributed by atoms with Crippen LogP contribution in [0.5, 0.6) is 5.75 Å². The molecule has 7 aromatic carbocycles. The van der Waals surface area contributed by atoms with Gasteiger partial charge in [0.2, 0.25) is 5.91 Å². The van der Waals surface area contributed by atoms with E-state index in [9.17, 15) is 15.0 Å². The second-order valence-electron chi connectivity index (χ2n) is 25.1. The maximum atomic E-state index is 13.5. The van der Waals surface area contributed by atoms with E-state index in [1.165, 1.54) is 6.92 Å². The van der Waals surface area contributed by atoms with E-state index in [1.54, 1.807) is 19.2 Å².